The molecule has 0 bridgehead atoms. The number of rotatable bonds is 7. The Morgan fingerprint density at radius 3 is 2.70 bits per heavy atom. The maximum absolute atomic E-state index is 12.8. The van der Waals surface area contributed by atoms with E-state index in [-0.39, 0.29) is 24.2 Å². The molecule has 2 aliphatic rings. The third-order valence-corrected chi connectivity index (χ3v) is 5.13. The number of unbranched alkanes of at least 4 members (excludes halogenated alkanes) is 1. The topological polar surface area (TPSA) is 105 Å². The summed E-state index contributed by atoms with van der Waals surface area (Å²) in [7, 11) is 0. The molecule has 30 heavy (non-hydrogen) atoms. The van der Waals surface area contributed by atoms with Gasteiger partial charge in [0.15, 0.2) is 0 Å². The van der Waals surface area contributed by atoms with Crippen molar-refractivity contribution in [3.63, 3.8) is 0 Å². The van der Waals surface area contributed by atoms with Crippen LogP contribution in [0, 0.1) is 0 Å². The Labute approximate surface area is 176 Å². The lowest BCUT2D eigenvalue weighted by atomic mass is 10.0. The van der Waals surface area contributed by atoms with Crippen LogP contribution in [-0.4, -0.2) is 46.8 Å². The van der Waals surface area contributed by atoms with Crippen molar-refractivity contribution in [2.24, 2.45) is 0 Å². The number of imide groups is 1. The highest BCUT2D eigenvalue weighted by Gasteiger charge is 2.39. The first-order valence-corrected chi connectivity index (χ1v) is 10.4. The summed E-state index contributed by atoms with van der Waals surface area (Å²) in [5, 5.41) is 5.66. The number of fused-ring (bicyclic) bond motifs is 1. The number of carbonyl (C=O) groups excluding carboxylic acids is 4. The minimum atomic E-state index is -0.621. The van der Waals surface area contributed by atoms with Crippen molar-refractivity contribution in [1.82, 2.24) is 10.2 Å². The van der Waals surface area contributed by atoms with Crippen molar-refractivity contribution in [2.75, 3.05) is 11.9 Å². The van der Waals surface area contributed by atoms with E-state index in [0.717, 1.165) is 17.7 Å². The molecule has 3 rings (SSSR count). The number of benzene rings is 1. The summed E-state index contributed by atoms with van der Waals surface area (Å²) in [6, 6.07) is 4.86. The highest BCUT2D eigenvalue weighted by Crippen LogP contribution is 2.32. The second kappa shape index (κ2) is 8.85. The Morgan fingerprint density at radius 1 is 1.23 bits per heavy atom. The molecule has 1 aromatic rings. The minimum Gasteiger partial charge on any atom is -0.460 e. The van der Waals surface area contributed by atoms with Crippen molar-refractivity contribution in [3.8, 4) is 0 Å². The van der Waals surface area contributed by atoms with E-state index in [1.165, 1.54) is 0 Å². The maximum atomic E-state index is 12.8. The van der Waals surface area contributed by atoms with Gasteiger partial charge in [0, 0.05) is 42.7 Å². The van der Waals surface area contributed by atoms with Crippen LogP contribution >= 0.6 is 0 Å². The third-order valence-electron chi connectivity index (χ3n) is 5.13. The first-order chi connectivity index (χ1) is 14.2. The van der Waals surface area contributed by atoms with E-state index in [0.29, 0.717) is 37.9 Å². The number of anilines is 1. The molecule has 1 aromatic carbocycles. The standard InChI is InChI=1S/C22H29N3O5/c1-22(2,3)30-19(27)9-4-5-12-23-16-8-6-7-14-15(16)13-25(21(14)29)17-10-11-18(26)24-20(17)28/h6-8,17,23H,4-5,9-13H2,1-3H3,(H,24,26,28). The summed E-state index contributed by atoms with van der Waals surface area (Å²) >= 11 is 0. The molecular formula is C22H29N3O5. The van der Waals surface area contributed by atoms with Gasteiger partial charge in [-0.2, -0.15) is 0 Å². The molecule has 8 nitrogen and oxygen atoms in total. The van der Waals surface area contributed by atoms with Gasteiger partial charge in [0.1, 0.15) is 11.6 Å². The normalized spacial score (nSPS) is 18.8. The number of amides is 3. The largest absolute Gasteiger partial charge is 0.460 e. The summed E-state index contributed by atoms with van der Waals surface area (Å²) in [6.45, 7) is 6.54. The summed E-state index contributed by atoms with van der Waals surface area (Å²) in [4.78, 5) is 49.7. The van der Waals surface area contributed by atoms with Gasteiger partial charge in [-0.25, -0.2) is 0 Å². The number of hydrogen-bond acceptors (Lipinski definition) is 6. The van der Waals surface area contributed by atoms with E-state index in [4.69, 9.17) is 4.74 Å². The van der Waals surface area contributed by atoms with E-state index in [2.05, 4.69) is 10.6 Å². The van der Waals surface area contributed by atoms with E-state index in [9.17, 15) is 19.2 Å². The first kappa shape index (κ1) is 21.8. The quantitative estimate of drug-likeness (QED) is 0.402. The first-order valence-electron chi connectivity index (χ1n) is 10.4. The van der Waals surface area contributed by atoms with E-state index >= 15 is 0 Å². The highest BCUT2D eigenvalue weighted by atomic mass is 16.6. The number of carbonyl (C=O) groups is 4. The fourth-order valence-corrected chi connectivity index (χ4v) is 3.76. The lowest BCUT2D eigenvalue weighted by molar-refractivity contribution is -0.155. The lowest BCUT2D eigenvalue weighted by Crippen LogP contribution is -2.52. The maximum Gasteiger partial charge on any atom is 0.306 e. The van der Waals surface area contributed by atoms with Gasteiger partial charge in [-0.1, -0.05) is 6.07 Å². The summed E-state index contributed by atoms with van der Waals surface area (Å²) in [5.41, 5.74) is 1.83. The van der Waals surface area contributed by atoms with Gasteiger partial charge in [0.2, 0.25) is 11.8 Å². The predicted molar refractivity (Wildman–Crippen MR) is 111 cm³/mol. The monoisotopic (exact) mass is 415 g/mol. The Hall–Kier alpha value is -2.90. The molecule has 1 atom stereocenters. The molecule has 0 saturated carbocycles. The van der Waals surface area contributed by atoms with Crippen LogP contribution in [0.3, 0.4) is 0 Å². The van der Waals surface area contributed by atoms with E-state index < -0.39 is 17.6 Å². The molecule has 0 spiro atoms. The molecule has 2 aliphatic heterocycles. The number of ether oxygens (including phenoxy) is 1. The SMILES string of the molecule is CC(C)(C)OC(=O)CCCCNc1cccc2c1CN(C1CCC(=O)NC1=O)C2=O. The van der Waals surface area contributed by atoms with Gasteiger partial charge >= 0.3 is 5.97 Å². The summed E-state index contributed by atoms with van der Waals surface area (Å²) < 4.78 is 5.30. The molecule has 3 amide bonds. The molecule has 1 saturated heterocycles. The number of hydrogen-bond donors (Lipinski definition) is 2. The molecule has 0 aliphatic carbocycles. The van der Waals surface area contributed by atoms with Crippen LogP contribution in [0.15, 0.2) is 18.2 Å². The van der Waals surface area contributed by atoms with Crippen LogP contribution in [0.4, 0.5) is 5.69 Å². The molecule has 162 valence electrons. The zero-order valence-electron chi connectivity index (χ0n) is 17.7. The lowest BCUT2D eigenvalue weighted by Gasteiger charge is -2.29. The summed E-state index contributed by atoms with van der Waals surface area (Å²) in [5.74, 6) is -1.10. The average molecular weight is 415 g/mol. The average Bonchev–Trinajstić information content (AvgIpc) is 2.97. The van der Waals surface area contributed by atoms with Crippen molar-refractivity contribution in [2.45, 2.75) is 71.1 Å². The van der Waals surface area contributed by atoms with Gasteiger partial charge in [0.25, 0.3) is 5.91 Å². The number of nitrogens with zero attached hydrogens (tertiary/aromatic N) is 1. The molecule has 0 radical (unpaired) electrons. The molecule has 2 N–H and O–H groups in total. The van der Waals surface area contributed by atoms with Gasteiger partial charge in [-0.15, -0.1) is 0 Å². The molecule has 8 heteroatoms. The van der Waals surface area contributed by atoms with E-state index in [1.807, 2.05) is 32.9 Å². The second-order valence-electron chi connectivity index (χ2n) is 8.70. The molecule has 1 unspecified atom stereocenters. The molecular weight excluding hydrogens is 386 g/mol. The fraction of sp³-hybridized carbons (Fsp3) is 0.545. The molecule has 0 aromatic heterocycles. The van der Waals surface area contributed by atoms with Crippen molar-refractivity contribution < 1.29 is 23.9 Å². The number of esters is 1. The van der Waals surface area contributed by atoms with Crippen LogP contribution in [0.2, 0.25) is 0 Å². The van der Waals surface area contributed by atoms with Crippen LogP contribution in [0.1, 0.15) is 68.8 Å². The zero-order valence-corrected chi connectivity index (χ0v) is 17.7. The Bertz CT molecular complexity index is 859. The predicted octanol–water partition coefficient (Wildman–Crippen LogP) is 2.37. The summed E-state index contributed by atoms with van der Waals surface area (Å²) in [6.07, 6.45) is 2.44. The Morgan fingerprint density at radius 2 is 2.00 bits per heavy atom. The van der Waals surface area contributed by atoms with Crippen LogP contribution in [0.25, 0.3) is 0 Å². The highest BCUT2D eigenvalue weighted by molar-refractivity contribution is 6.06. The number of nitrogens with one attached hydrogen (secondary N) is 2. The third kappa shape index (κ3) is 5.17. The van der Waals surface area contributed by atoms with Crippen LogP contribution < -0.4 is 10.6 Å². The number of piperidine rings is 1. The van der Waals surface area contributed by atoms with Gasteiger partial charge in [-0.3, -0.25) is 24.5 Å². The fourth-order valence-electron chi connectivity index (χ4n) is 3.76. The van der Waals surface area contributed by atoms with Crippen LogP contribution in [0.5, 0.6) is 0 Å². The Kier molecular flexibility index (Phi) is 6.43. The van der Waals surface area contributed by atoms with Crippen molar-refractivity contribution in [3.05, 3.63) is 29.3 Å². The van der Waals surface area contributed by atoms with E-state index in [1.54, 1.807) is 11.0 Å². The van der Waals surface area contributed by atoms with Gasteiger partial charge < -0.3 is 15.0 Å². The van der Waals surface area contributed by atoms with Gasteiger partial charge in [0.05, 0.1) is 0 Å². The molecule has 2 heterocycles. The van der Waals surface area contributed by atoms with Gasteiger partial charge in [-0.05, 0) is 52.2 Å². The zero-order chi connectivity index (χ0) is 21.9. The minimum absolute atomic E-state index is 0.187. The molecule has 1 fully saturated rings. The second-order valence-corrected chi connectivity index (χ2v) is 8.70. The van der Waals surface area contributed by atoms with Crippen LogP contribution in [-0.2, 0) is 25.7 Å². The Balaban J connectivity index is 1.54. The smallest absolute Gasteiger partial charge is 0.306 e. The van der Waals surface area contributed by atoms with Crippen molar-refractivity contribution in [1.29, 1.82) is 0 Å². The van der Waals surface area contributed by atoms with Crippen molar-refractivity contribution >= 4 is 29.4 Å².